The van der Waals surface area contributed by atoms with Gasteiger partial charge in [-0.05, 0) is 61.6 Å². The molecule has 0 saturated carbocycles. The predicted molar refractivity (Wildman–Crippen MR) is 209 cm³/mol. The van der Waals surface area contributed by atoms with Gasteiger partial charge in [0.2, 0.25) is 0 Å². The van der Waals surface area contributed by atoms with E-state index in [2.05, 4.69) is 127 Å². The second kappa shape index (κ2) is 11.9. The van der Waals surface area contributed by atoms with Gasteiger partial charge in [0.25, 0.3) is 0 Å². The molecule has 0 radical (unpaired) electrons. The first-order valence-corrected chi connectivity index (χ1v) is 17.1. The minimum Gasteiger partial charge on any atom is -0.456 e. The molecule has 0 fully saturated rings. The van der Waals surface area contributed by atoms with Gasteiger partial charge in [-0.1, -0.05) is 158 Å². The summed E-state index contributed by atoms with van der Waals surface area (Å²) in [4.78, 5) is 15.4. The van der Waals surface area contributed by atoms with Crippen LogP contribution >= 0.6 is 0 Å². The van der Waals surface area contributed by atoms with E-state index in [0.717, 1.165) is 44.5 Å². The highest BCUT2D eigenvalue weighted by Gasteiger charge is 2.19. The van der Waals surface area contributed by atoms with Gasteiger partial charge in [-0.3, -0.25) is 0 Å². The molecule has 0 bridgehead atoms. The first-order valence-electron chi connectivity index (χ1n) is 17.1. The van der Waals surface area contributed by atoms with E-state index in [1.54, 1.807) is 0 Å². The molecule has 2 aromatic heterocycles. The third-order valence-electron chi connectivity index (χ3n) is 9.73. The van der Waals surface area contributed by atoms with Crippen LogP contribution in [0.15, 0.2) is 180 Å². The van der Waals surface area contributed by atoms with E-state index in [9.17, 15) is 0 Å². The fourth-order valence-electron chi connectivity index (χ4n) is 7.26. The van der Waals surface area contributed by atoms with E-state index in [0.29, 0.717) is 17.5 Å². The first kappa shape index (κ1) is 29.0. The SMILES string of the molecule is c1ccc(-c2nc(-c3ccc(-c4cc5ccccc5o4)cc3)nc(-c3ccccc3-c3c4ccccc4cc4c3ccc3ccccc34)n2)cc1. The van der Waals surface area contributed by atoms with Crippen molar-refractivity contribution in [3.63, 3.8) is 0 Å². The molecule has 51 heavy (non-hydrogen) atoms. The van der Waals surface area contributed by atoms with Crippen molar-refractivity contribution in [2.75, 3.05) is 0 Å². The van der Waals surface area contributed by atoms with Crippen LogP contribution in [0, 0.1) is 0 Å². The van der Waals surface area contributed by atoms with Gasteiger partial charge in [0, 0.05) is 27.6 Å². The summed E-state index contributed by atoms with van der Waals surface area (Å²) >= 11 is 0. The van der Waals surface area contributed by atoms with E-state index < -0.39 is 0 Å². The van der Waals surface area contributed by atoms with E-state index >= 15 is 0 Å². The second-order valence-electron chi connectivity index (χ2n) is 12.8. The standard InChI is InChI=1S/C47H29N3O/c1-2-13-32(14-3-1)45-48-46(33-24-22-31(23-25-33)43-29-35-16-6-11-21-42(35)51-43)50-47(49-45)40-20-10-9-19-38(40)44-37-18-8-5-15-34(37)28-41-36-17-7-4-12-30(36)26-27-39(41)44/h1-29H. The second-order valence-corrected chi connectivity index (χ2v) is 12.8. The summed E-state index contributed by atoms with van der Waals surface area (Å²) in [5.74, 6) is 2.69. The minimum atomic E-state index is 0.610. The van der Waals surface area contributed by atoms with Crippen molar-refractivity contribution in [2.24, 2.45) is 0 Å². The maximum atomic E-state index is 6.15. The average Bonchev–Trinajstić information content (AvgIpc) is 3.65. The third-order valence-corrected chi connectivity index (χ3v) is 9.73. The Labute approximate surface area is 294 Å². The van der Waals surface area contributed by atoms with E-state index in [1.165, 1.54) is 37.9 Å². The Balaban J connectivity index is 1.17. The molecular weight excluding hydrogens is 623 g/mol. The molecule has 0 unspecified atom stereocenters. The van der Waals surface area contributed by atoms with Crippen LogP contribution in [0.4, 0.5) is 0 Å². The van der Waals surface area contributed by atoms with Crippen LogP contribution in [0.25, 0.3) is 99.9 Å². The maximum Gasteiger partial charge on any atom is 0.164 e. The largest absolute Gasteiger partial charge is 0.456 e. The highest BCUT2D eigenvalue weighted by molar-refractivity contribution is 6.21. The van der Waals surface area contributed by atoms with Crippen molar-refractivity contribution in [3.05, 3.63) is 176 Å². The molecule has 8 aromatic carbocycles. The number of benzene rings is 8. The molecule has 0 aliphatic carbocycles. The lowest BCUT2D eigenvalue weighted by Gasteiger charge is -2.17. The molecule has 238 valence electrons. The van der Waals surface area contributed by atoms with Gasteiger partial charge in [0.15, 0.2) is 17.5 Å². The summed E-state index contributed by atoms with van der Waals surface area (Å²) in [5.41, 5.74) is 6.89. The molecule has 0 aliphatic heterocycles. The fourth-order valence-corrected chi connectivity index (χ4v) is 7.26. The number of hydrogen-bond donors (Lipinski definition) is 0. The van der Waals surface area contributed by atoms with Crippen molar-refractivity contribution in [1.29, 1.82) is 0 Å². The number of nitrogens with zero attached hydrogens (tertiary/aromatic N) is 3. The molecule has 0 N–H and O–H groups in total. The van der Waals surface area contributed by atoms with Crippen molar-refractivity contribution in [3.8, 4) is 56.6 Å². The lowest BCUT2D eigenvalue weighted by atomic mass is 9.88. The van der Waals surface area contributed by atoms with Crippen molar-refractivity contribution in [2.45, 2.75) is 0 Å². The average molecular weight is 652 g/mol. The van der Waals surface area contributed by atoms with Gasteiger partial charge in [-0.25, -0.2) is 15.0 Å². The van der Waals surface area contributed by atoms with Gasteiger partial charge in [-0.2, -0.15) is 0 Å². The number of para-hydroxylation sites is 1. The number of rotatable bonds is 5. The molecular formula is C47H29N3O. The van der Waals surface area contributed by atoms with Crippen LogP contribution in [0.1, 0.15) is 0 Å². The van der Waals surface area contributed by atoms with Crippen molar-refractivity contribution >= 4 is 43.3 Å². The molecule has 10 aromatic rings. The van der Waals surface area contributed by atoms with Crippen LogP contribution in [0.3, 0.4) is 0 Å². The van der Waals surface area contributed by atoms with Crippen molar-refractivity contribution in [1.82, 2.24) is 15.0 Å². The van der Waals surface area contributed by atoms with Crippen LogP contribution in [-0.2, 0) is 0 Å². The van der Waals surface area contributed by atoms with Gasteiger partial charge in [0.05, 0.1) is 0 Å². The molecule has 0 amide bonds. The summed E-state index contributed by atoms with van der Waals surface area (Å²) in [7, 11) is 0. The van der Waals surface area contributed by atoms with Crippen LogP contribution in [0.5, 0.6) is 0 Å². The van der Waals surface area contributed by atoms with E-state index in [-0.39, 0.29) is 0 Å². The van der Waals surface area contributed by atoms with Gasteiger partial charge < -0.3 is 4.42 Å². The number of fused-ring (bicyclic) bond motifs is 5. The topological polar surface area (TPSA) is 51.8 Å². The molecule has 4 heteroatoms. The Morgan fingerprint density at radius 1 is 0.333 bits per heavy atom. The predicted octanol–water partition coefficient (Wildman–Crippen LogP) is 12.4. The summed E-state index contributed by atoms with van der Waals surface area (Å²) < 4.78 is 6.15. The Hall–Kier alpha value is -6.91. The summed E-state index contributed by atoms with van der Waals surface area (Å²) in [6, 6.07) is 61.1. The van der Waals surface area contributed by atoms with E-state index in [4.69, 9.17) is 19.4 Å². The Morgan fingerprint density at radius 2 is 0.922 bits per heavy atom. The highest BCUT2D eigenvalue weighted by Crippen LogP contribution is 2.43. The summed E-state index contributed by atoms with van der Waals surface area (Å²) in [6.45, 7) is 0. The number of hydrogen-bond acceptors (Lipinski definition) is 4. The lowest BCUT2D eigenvalue weighted by molar-refractivity contribution is 0.631. The Bertz CT molecular complexity index is 2880. The zero-order valence-corrected chi connectivity index (χ0v) is 27.5. The zero-order valence-electron chi connectivity index (χ0n) is 27.5. The maximum absolute atomic E-state index is 6.15. The Kier molecular flexibility index (Phi) is 6.78. The number of furan rings is 1. The summed E-state index contributed by atoms with van der Waals surface area (Å²) in [6.07, 6.45) is 0. The molecule has 0 aliphatic rings. The molecule has 0 atom stereocenters. The zero-order chi connectivity index (χ0) is 33.7. The fraction of sp³-hybridized carbons (Fsp3) is 0. The smallest absolute Gasteiger partial charge is 0.164 e. The van der Waals surface area contributed by atoms with E-state index in [1.807, 2.05) is 48.5 Å². The van der Waals surface area contributed by atoms with Crippen LogP contribution < -0.4 is 0 Å². The van der Waals surface area contributed by atoms with Gasteiger partial charge in [0.1, 0.15) is 11.3 Å². The quantitative estimate of drug-likeness (QED) is 0.137. The normalized spacial score (nSPS) is 11.5. The molecule has 10 rings (SSSR count). The highest BCUT2D eigenvalue weighted by atomic mass is 16.3. The van der Waals surface area contributed by atoms with Gasteiger partial charge >= 0.3 is 0 Å². The van der Waals surface area contributed by atoms with Gasteiger partial charge in [-0.15, -0.1) is 0 Å². The molecule has 0 spiro atoms. The molecule has 2 heterocycles. The number of aromatic nitrogens is 3. The summed E-state index contributed by atoms with van der Waals surface area (Å²) in [5, 5.41) is 8.33. The molecule has 0 saturated heterocycles. The van der Waals surface area contributed by atoms with Crippen molar-refractivity contribution < 1.29 is 4.42 Å². The minimum absolute atomic E-state index is 0.610. The third kappa shape index (κ3) is 5.04. The molecule has 4 nitrogen and oxygen atoms in total. The first-order chi connectivity index (χ1) is 25.3. The van der Waals surface area contributed by atoms with Crippen LogP contribution in [0.2, 0.25) is 0 Å². The lowest BCUT2D eigenvalue weighted by Crippen LogP contribution is -2.01. The monoisotopic (exact) mass is 651 g/mol. The van der Waals surface area contributed by atoms with Crippen LogP contribution in [-0.4, -0.2) is 15.0 Å². The Morgan fingerprint density at radius 3 is 1.71 bits per heavy atom.